The molecule has 6 heteroatoms. The van der Waals surface area contributed by atoms with Crippen LogP contribution in [0.3, 0.4) is 0 Å². The molecule has 0 atom stereocenters. The summed E-state index contributed by atoms with van der Waals surface area (Å²) in [7, 11) is 0. The highest BCUT2D eigenvalue weighted by Gasteiger charge is 2.20. The summed E-state index contributed by atoms with van der Waals surface area (Å²) in [6.07, 6.45) is 7.01. The van der Waals surface area contributed by atoms with Gasteiger partial charge >= 0.3 is 0 Å². The van der Waals surface area contributed by atoms with E-state index in [9.17, 15) is 9.90 Å². The number of hydrogen-bond donors (Lipinski definition) is 2. The molecular weight excluding hydrogens is 322 g/mol. The van der Waals surface area contributed by atoms with E-state index in [-0.39, 0.29) is 11.7 Å². The second-order valence-electron chi connectivity index (χ2n) is 5.40. The third kappa shape index (κ3) is 3.82. The summed E-state index contributed by atoms with van der Waals surface area (Å²) in [4.78, 5) is 12.2. The van der Waals surface area contributed by atoms with E-state index < -0.39 is 0 Å². The lowest BCUT2D eigenvalue weighted by Gasteiger charge is -2.27. The molecule has 1 aliphatic rings. The molecule has 1 aromatic heterocycles. The van der Waals surface area contributed by atoms with E-state index in [1.54, 1.807) is 6.20 Å². The van der Waals surface area contributed by atoms with Crippen LogP contribution in [0, 0.1) is 0 Å². The number of hydrogen-bond acceptors (Lipinski definition) is 4. The molecule has 1 heterocycles. The van der Waals surface area contributed by atoms with Crippen molar-refractivity contribution in [1.29, 1.82) is 0 Å². The Balaban J connectivity index is 2.05. The lowest BCUT2D eigenvalue weighted by molar-refractivity contribution is 0.126. The molecule has 2 N–H and O–H groups in total. The molecule has 0 unspecified atom stereocenters. The van der Waals surface area contributed by atoms with Crippen LogP contribution in [0.1, 0.15) is 45.4 Å². The molecular formula is C14H22BrN3O2. The number of rotatable bonds is 5. The van der Waals surface area contributed by atoms with Gasteiger partial charge in [-0.05, 0) is 48.0 Å². The summed E-state index contributed by atoms with van der Waals surface area (Å²) in [6, 6.07) is 0.308. The van der Waals surface area contributed by atoms with E-state index in [0.29, 0.717) is 17.1 Å². The van der Waals surface area contributed by atoms with E-state index in [0.717, 1.165) is 44.2 Å². The SMILES string of the molecule is CCCCn1ncc(NC2CCC(O)CC2)c(Br)c1=O. The Bertz CT molecular complexity index is 496. The molecule has 0 radical (unpaired) electrons. The third-order valence-electron chi connectivity index (χ3n) is 3.76. The van der Waals surface area contributed by atoms with Crippen molar-refractivity contribution >= 4 is 21.6 Å². The number of aliphatic hydroxyl groups is 1. The Morgan fingerprint density at radius 2 is 2.15 bits per heavy atom. The highest BCUT2D eigenvalue weighted by Crippen LogP contribution is 2.24. The van der Waals surface area contributed by atoms with Gasteiger partial charge in [0.25, 0.3) is 5.56 Å². The molecule has 1 aromatic rings. The van der Waals surface area contributed by atoms with Gasteiger partial charge in [0.2, 0.25) is 0 Å². The van der Waals surface area contributed by atoms with Gasteiger partial charge in [-0.25, -0.2) is 4.68 Å². The normalized spacial score (nSPS) is 22.8. The van der Waals surface area contributed by atoms with Crippen LogP contribution in [0.15, 0.2) is 15.5 Å². The van der Waals surface area contributed by atoms with Gasteiger partial charge in [0.1, 0.15) is 4.47 Å². The minimum atomic E-state index is -0.170. The fourth-order valence-electron chi connectivity index (χ4n) is 2.47. The van der Waals surface area contributed by atoms with Gasteiger partial charge in [-0.2, -0.15) is 5.10 Å². The monoisotopic (exact) mass is 343 g/mol. The van der Waals surface area contributed by atoms with Crippen LogP contribution in [0.4, 0.5) is 5.69 Å². The van der Waals surface area contributed by atoms with Gasteiger partial charge < -0.3 is 10.4 Å². The molecule has 5 nitrogen and oxygen atoms in total. The number of nitrogens with zero attached hydrogens (tertiary/aromatic N) is 2. The van der Waals surface area contributed by atoms with Gasteiger partial charge in [-0.1, -0.05) is 13.3 Å². The largest absolute Gasteiger partial charge is 0.393 e. The molecule has 0 aromatic carbocycles. The summed E-state index contributed by atoms with van der Waals surface area (Å²) >= 11 is 3.38. The van der Waals surface area contributed by atoms with Crippen molar-refractivity contribution in [3.05, 3.63) is 21.0 Å². The van der Waals surface area contributed by atoms with Gasteiger partial charge in [-0.15, -0.1) is 0 Å². The van der Waals surface area contributed by atoms with Gasteiger partial charge in [-0.3, -0.25) is 4.79 Å². The molecule has 0 saturated heterocycles. The summed E-state index contributed by atoms with van der Waals surface area (Å²) in [5.74, 6) is 0. The topological polar surface area (TPSA) is 67.2 Å². The smallest absolute Gasteiger partial charge is 0.283 e. The van der Waals surface area contributed by atoms with Gasteiger partial charge in [0.05, 0.1) is 18.0 Å². The number of nitrogens with one attached hydrogen (secondary N) is 1. The molecule has 20 heavy (non-hydrogen) atoms. The number of aromatic nitrogens is 2. The zero-order chi connectivity index (χ0) is 14.5. The van der Waals surface area contributed by atoms with Crippen LogP contribution >= 0.6 is 15.9 Å². The zero-order valence-corrected chi connectivity index (χ0v) is 13.4. The molecule has 0 spiro atoms. The van der Waals surface area contributed by atoms with E-state index in [1.807, 2.05) is 0 Å². The van der Waals surface area contributed by atoms with Gasteiger partial charge in [0, 0.05) is 12.6 Å². The fraction of sp³-hybridized carbons (Fsp3) is 0.714. The Hall–Kier alpha value is -0.880. The molecule has 0 aliphatic heterocycles. The first-order valence-corrected chi connectivity index (χ1v) is 8.11. The van der Waals surface area contributed by atoms with Crippen LogP contribution in [0.2, 0.25) is 0 Å². The average molecular weight is 344 g/mol. The highest BCUT2D eigenvalue weighted by atomic mass is 79.9. The number of anilines is 1. The van der Waals surface area contributed by atoms with Crippen molar-refractivity contribution in [2.45, 2.75) is 64.1 Å². The fourth-order valence-corrected chi connectivity index (χ4v) is 2.89. The Kier molecular flexibility index (Phi) is 5.60. The molecule has 2 rings (SSSR count). The zero-order valence-electron chi connectivity index (χ0n) is 11.8. The van der Waals surface area contributed by atoms with Crippen molar-refractivity contribution in [3.63, 3.8) is 0 Å². The minimum Gasteiger partial charge on any atom is -0.393 e. The molecule has 1 saturated carbocycles. The van der Waals surface area contributed by atoms with Crippen molar-refractivity contribution in [3.8, 4) is 0 Å². The Labute approximate surface area is 127 Å². The second kappa shape index (κ2) is 7.22. The number of aryl methyl sites for hydroxylation is 1. The van der Waals surface area contributed by atoms with Crippen molar-refractivity contribution in [2.75, 3.05) is 5.32 Å². The molecule has 0 bridgehead atoms. The maximum atomic E-state index is 12.2. The Morgan fingerprint density at radius 3 is 2.80 bits per heavy atom. The van der Waals surface area contributed by atoms with E-state index in [1.165, 1.54) is 4.68 Å². The minimum absolute atomic E-state index is 0.0840. The average Bonchev–Trinajstić information content (AvgIpc) is 2.45. The summed E-state index contributed by atoms with van der Waals surface area (Å²) in [5.41, 5.74) is 0.670. The van der Waals surface area contributed by atoms with E-state index in [2.05, 4.69) is 33.3 Å². The lowest BCUT2D eigenvalue weighted by Crippen LogP contribution is -2.30. The third-order valence-corrected chi connectivity index (χ3v) is 4.53. The van der Waals surface area contributed by atoms with Crippen molar-refractivity contribution in [2.24, 2.45) is 0 Å². The Morgan fingerprint density at radius 1 is 1.45 bits per heavy atom. The van der Waals surface area contributed by atoms with Gasteiger partial charge in [0.15, 0.2) is 0 Å². The maximum absolute atomic E-state index is 12.2. The first kappa shape index (κ1) is 15.5. The van der Waals surface area contributed by atoms with Crippen LogP contribution < -0.4 is 10.9 Å². The number of unbranched alkanes of at least 4 members (excludes halogenated alkanes) is 1. The lowest BCUT2D eigenvalue weighted by atomic mass is 9.93. The molecule has 1 aliphatic carbocycles. The summed E-state index contributed by atoms with van der Waals surface area (Å²) in [6.45, 7) is 2.75. The predicted molar refractivity (Wildman–Crippen MR) is 83.0 cm³/mol. The first-order valence-electron chi connectivity index (χ1n) is 7.32. The predicted octanol–water partition coefficient (Wildman–Crippen LogP) is 2.52. The first-order chi connectivity index (χ1) is 9.61. The summed E-state index contributed by atoms with van der Waals surface area (Å²) < 4.78 is 2.05. The van der Waals surface area contributed by atoms with Crippen molar-refractivity contribution < 1.29 is 5.11 Å². The number of halogens is 1. The quantitative estimate of drug-likeness (QED) is 0.861. The maximum Gasteiger partial charge on any atom is 0.283 e. The molecule has 112 valence electrons. The van der Waals surface area contributed by atoms with E-state index in [4.69, 9.17) is 0 Å². The standard InChI is InChI=1S/C14H22BrN3O2/c1-2-3-8-18-14(20)13(15)12(9-16-18)17-10-4-6-11(19)7-5-10/h9-11,17,19H,2-8H2,1H3. The van der Waals surface area contributed by atoms with Crippen molar-refractivity contribution in [1.82, 2.24) is 9.78 Å². The molecule has 1 fully saturated rings. The van der Waals surface area contributed by atoms with E-state index >= 15 is 0 Å². The van der Waals surface area contributed by atoms with Crippen LogP contribution in [0.5, 0.6) is 0 Å². The van der Waals surface area contributed by atoms with Crippen LogP contribution in [-0.4, -0.2) is 27.0 Å². The highest BCUT2D eigenvalue weighted by molar-refractivity contribution is 9.10. The van der Waals surface area contributed by atoms with Crippen LogP contribution in [0.25, 0.3) is 0 Å². The van der Waals surface area contributed by atoms with Crippen LogP contribution in [-0.2, 0) is 6.54 Å². The summed E-state index contributed by atoms with van der Waals surface area (Å²) in [5, 5.41) is 17.1. The molecule has 0 amide bonds. The second-order valence-corrected chi connectivity index (χ2v) is 6.20. The number of aliphatic hydroxyl groups excluding tert-OH is 1.